The number of hydrogen-bond donors (Lipinski definition) is 0. The molecule has 0 N–H and O–H groups in total. The Bertz CT molecular complexity index is 881. The Balaban J connectivity index is 1.71. The minimum absolute atomic E-state index is 0.176. The van der Waals surface area contributed by atoms with Crippen LogP contribution in [0, 0.1) is 0 Å². The highest BCUT2D eigenvalue weighted by Crippen LogP contribution is 2.30. The van der Waals surface area contributed by atoms with Gasteiger partial charge >= 0.3 is 0 Å². The van der Waals surface area contributed by atoms with Gasteiger partial charge in [-0.1, -0.05) is 35.3 Å². The lowest BCUT2D eigenvalue weighted by Crippen LogP contribution is -2.22. The molecule has 1 atom stereocenters. The van der Waals surface area contributed by atoms with Crippen molar-refractivity contribution in [2.45, 2.75) is 19.5 Å². The number of ether oxygens (including phenoxy) is 1. The van der Waals surface area contributed by atoms with Gasteiger partial charge in [-0.05, 0) is 49.9 Å². The SMILES string of the molecule is COc1ccc(C(C)N(C)Cc2nnc(-c3ccc(Cl)cc3Cl)o2)cc1. The van der Waals surface area contributed by atoms with Crippen LogP contribution in [0.3, 0.4) is 0 Å². The van der Waals surface area contributed by atoms with E-state index in [1.54, 1.807) is 25.3 Å². The molecule has 0 spiro atoms. The van der Waals surface area contributed by atoms with E-state index in [9.17, 15) is 0 Å². The van der Waals surface area contributed by atoms with Crippen LogP contribution in [0.15, 0.2) is 46.9 Å². The summed E-state index contributed by atoms with van der Waals surface area (Å²) < 4.78 is 11.0. The smallest absolute Gasteiger partial charge is 0.249 e. The van der Waals surface area contributed by atoms with Gasteiger partial charge in [-0.25, -0.2) is 0 Å². The quantitative estimate of drug-likeness (QED) is 0.574. The number of aromatic nitrogens is 2. The van der Waals surface area contributed by atoms with Gasteiger partial charge < -0.3 is 9.15 Å². The third kappa shape index (κ3) is 4.18. The molecule has 0 saturated heterocycles. The highest BCUT2D eigenvalue weighted by atomic mass is 35.5. The van der Waals surface area contributed by atoms with E-state index in [1.165, 1.54) is 5.56 Å². The first-order valence-corrected chi connectivity index (χ1v) is 8.85. The van der Waals surface area contributed by atoms with Crippen LogP contribution < -0.4 is 4.74 Å². The van der Waals surface area contributed by atoms with Crippen LogP contribution in [0.1, 0.15) is 24.4 Å². The molecule has 0 radical (unpaired) electrons. The number of nitrogens with zero attached hydrogens (tertiary/aromatic N) is 3. The number of rotatable bonds is 6. The molecule has 0 bridgehead atoms. The number of methoxy groups -OCH3 is 1. The van der Waals surface area contributed by atoms with E-state index < -0.39 is 0 Å². The van der Waals surface area contributed by atoms with Gasteiger partial charge in [0.2, 0.25) is 11.8 Å². The molecule has 2 aromatic carbocycles. The molecule has 3 rings (SSSR count). The van der Waals surface area contributed by atoms with E-state index in [-0.39, 0.29) is 6.04 Å². The second kappa shape index (κ2) is 8.08. The number of hydrogen-bond acceptors (Lipinski definition) is 5. The minimum atomic E-state index is 0.176. The minimum Gasteiger partial charge on any atom is -0.497 e. The van der Waals surface area contributed by atoms with Gasteiger partial charge in [0, 0.05) is 11.1 Å². The van der Waals surface area contributed by atoms with Gasteiger partial charge in [-0.2, -0.15) is 0 Å². The molecule has 0 fully saturated rings. The monoisotopic (exact) mass is 391 g/mol. The third-order valence-corrected chi connectivity index (χ3v) is 4.82. The molecule has 5 nitrogen and oxygen atoms in total. The molecule has 0 saturated carbocycles. The number of halogens is 2. The molecule has 1 heterocycles. The van der Waals surface area contributed by atoms with Crippen molar-refractivity contribution in [1.29, 1.82) is 0 Å². The predicted octanol–water partition coefficient (Wildman–Crippen LogP) is 5.25. The van der Waals surface area contributed by atoms with E-state index >= 15 is 0 Å². The molecule has 26 heavy (non-hydrogen) atoms. The van der Waals surface area contributed by atoms with E-state index in [0.717, 1.165) is 5.75 Å². The molecular weight excluding hydrogens is 373 g/mol. The summed E-state index contributed by atoms with van der Waals surface area (Å²) in [6, 6.07) is 13.3. The molecular formula is C19H19Cl2N3O2. The van der Waals surface area contributed by atoms with Crippen molar-refractivity contribution in [3.05, 3.63) is 64.0 Å². The average molecular weight is 392 g/mol. The van der Waals surface area contributed by atoms with E-state index in [4.69, 9.17) is 32.4 Å². The second-order valence-corrected chi connectivity index (χ2v) is 6.83. The molecule has 0 aliphatic carbocycles. The maximum atomic E-state index is 6.20. The van der Waals surface area contributed by atoms with Crippen LogP contribution >= 0.6 is 23.2 Å². The molecule has 0 amide bonds. The fourth-order valence-corrected chi connectivity index (χ4v) is 3.07. The van der Waals surface area contributed by atoms with Crippen LogP contribution in [0.4, 0.5) is 0 Å². The van der Waals surface area contributed by atoms with Crippen LogP contribution in [-0.2, 0) is 6.54 Å². The molecule has 136 valence electrons. The largest absolute Gasteiger partial charge is 0.497 e. The Kier molecular flexibility index (Phi) is 5.81. The summed E-state index contributed by atoms with van der Waals surface area (Å²) in [5.41, 5.74) is 1.84. The zero-order valence-corrected chi connectivity index (χ0v) is 16.3. The highest BCUT2D eigenvalue weighted by molar-refractivity contribution is 6.36. The Morgan fingerprint density at radius 2 is 1.85 bits per heavy atom. The highest BCUT2D eigenvalue weighted by Gasteiger charge is 2.17. The summed E-state index contributed by atoms with van der Waals surface area (Å²) in [6.45, 7) is 2.64. The molecule has 1 unspecified atom stereocenters. The van der Waals surface area contributed by atoms with Gasteiger partial charge in [0.1, 0.15) is 5.75 Å². The topological polar surface area (TPSA) is 51.4 Å². The maximum Gasteiger partial charge on any atom is 0.249 e. The third-order valence-electron chi connectivity index (χ3n) is 4.27. The van der Waals surface area contributed by atoms with Crippen molar-refractivity contribution in [2.75, 3.05) is 14.2 Å². The summed E-state index contributed by atoms with van der Waals surface area (Å²) in [6.07, 6.45) is 0. The lowest BCUT2D eigenvalue weighted by atomic mass is 10.1. The van der Waals surface area contributed by atoms with Crippen molar-refractivity contribution in [3.8, 4) is 17.2 Å². The second-order valence-electron chi connectivity index (χ2n) is 5.99. The first-order chi connectivity index (χ1) is 12.5. The van der Waals surface area contributed by atoms with E-state index in [0.29, 0.717) is 33.9 Å². The van der Waals surface area contributed by atoms with Crippen molar-refractivity contribution in [3.63, 3.8) is 0 Å². The van der Waals surface area contributed by atoms with Gasteiger partial charge in [0.25, 0.3) is 0 Å². The van der Waals surface area contributed by atoms with E-state index in [1.807, 2.05) is 31.3 Å². The normalized spacial score (nSPS) is 12.4. The first kappa shape index (κ1) is 18.7. The van der Waals surface area contributed by atoms with Crippen molar-refractivity contribution in [2.24, 2.45) is 0 Å². The average Bonchev–Trinajstić information content (AvgIpc) is 3.09. The Labute approximate surface area is 162 Å². The van der Waals surface area contributed by atoms with Crippen LogP contribution in [0.5, 0.6) is 5.75 Å². The van der Waals surface area contributed by atoms with Crippen molar-refractivity contribution >= 4 is 23.2 Å². The van der Waals surface area contributed by atoms with Crippen LogP contribution in [0.25, 0.3) is 11.5 Å². The van der Waals surface area contributed by atoms with Crippen molar-refractivity contribution in [1.82, 2.24) is 15.1 Å². The molecule has 0 aliphatic heterocycles. The molecule has 7 heteroatoms. The van der Waals surface area contributed by atoms with Gasteiger partial charge in [0.05, 0.1) is 24.2 Å². The molecule has 3 aromatic rings. The Morgan fingerprint density at radius 1 is 1.12 bits per heavy atom. The number of benzene rings is 2. The Morgan fingerprint density at radius 3 is 2.50 bits per heavy atom. The standard InChI is InChI=1S/C19H19Cl2N3O2/c1-12(13-4-7-15(25-3)8-5-13)24(2)11-18-22-23-19(26-18)16-9-6-14(20)10-17(16)21/h4-10,12H,11H2,1-3H3. The molecule has 0 aliphatic rings. The summed E-state index contributed by atoms with van der Waals surface area (Å²) in [4.78, 5) is 2.13. The first-order valence-electron chi connectivity index (χ1n) is 8.10. The van der Waals surface area contributed by atoms with Gasteiger partial charge in [0.15, 0.2) is 0 Å². The van der Waals surface area contributed by atoms with Gasteiger partial charge in [-0.15, -0.1) is 10.2 Å². The summed E-state index contributed by atoms with van der Waals surface area (Å²) in [5.74, 6) is 1.74. The fraction of sp³-hybridized carbons (Fsp3) is 0.263. The summed E-state index contributed by atoms with van der Waals surface area (Å²) in [5, 5.41) is 9.27. The fourth-order valence-electron chi connectivity index (χ4n) is 2.58. The van der Waals surface area contributed by atoms with Gasteiger partial charge in [-0.3, -0.25) is 4.90 Å². The predicted molar refractivity (Wildman–Crippen MR) is 103 cm³/mol. The zero-order chi connectivity index (χ0) is 18.7. The van der Waals surface area contributed by atoms with Crippen molar-refractivity contribution < 1.29 is 9.15 Å². The molecule has 1 aromatic heterocycles. The van der Waals surface area contributed by atoms with E-state index in [2.05, 4.69) is 22.0 Å². The summed E-state index contributed by atoms with van der Waals surface area (Å²) >= 11 is 12.1. The van der Waals surface area contributed by atoms with Crippen LogP contribution in [-0.4, -0.2) is 29.3 Å². The lowest BCUT2D eigenvalue weighted by molar-refractivity contribution is 0.228. The van der Waals surface area contributed by atoms with Crippen LogP contribution in [0.2, 0.25) is 10.0 Å². The maximum absolute atomic E-state index is 6.20. The summed E-state index contributed by atoms with van der Waals surface area (Å²) in [7, 11) is 3.67. The zero-order valence-electron chi connectivity index (χ0n) is 14.7. The Hall–Kier alpha value is -2.08. The lowest BCUT2D eigenvalue weighted by Gasteiger charge is -2.23.